The zero-order valence-corrected chi connectivity index (χ0v) is 14.2. The van der Waals surface area contributed by atoms with Gasteiger partial charge in [-0.05, 0) is 59.0 Å². The molecule has 0 aromatic heterocycles. The van der Waals surface area contributed by atoms with E-state index in [1.54, 1.807) is 0 Å². The molecule has 0 unspecified atom stereocenters. The Morgan fingerprint density at radius 2 is 2.05 bits per heavy atom. The second kappa shape index (κ2) is 8.31. The summed E-state index contributed by atoms with van der Waals surface area (Å²) in [6.07, 6.45) is 0.756. The fourth-order valence-electron chi connectivity index (χ4n) is 2.16. The van der Waals surface area contributed by atoms with E-state index in [2.05, 4.69) is 5.32 Å². The Hall–Kier alpha value is -1.18. The van der Waals surface area contributed by atoms with Crippen LogP contribution < -0.4 is 5.32 Å². The minimum absolute atomic E-state index is 0.0268. The molecule has 2 N–H and O–H groups in total. The van der Waals surface area contributed by atoms with Crippen molar-refractivity contribution in [3.63, 3.8) is 0 Å². The van der Waals surface area contributed by atoms with Gasteiger partial charge in [0.15, 0.2) is 0 Å². The van der Waals surface area contributed by atoms with Crippen molar-refractivity contribution >= 4 is 34.5 Å². The highest BCUT2D eigenvalue weighted by Crippen LogP contribution is 2.16. The van der Waals surface area contributed by atoms with Crippen LogP contribution in [0.3, 0.4) is 0 Å². The first kappa shape index (κ1) is 17.9. The van der Waals surface area contributed by atoms with E-state index >= 15 is 0 Å². The van der Waals surface area contributed by atoms with Gasteiger partial charge >= 0.3 is 5.97 Å². The summed E-state index contributed by atoms with van der Waals surface area (Å²) in [5.74, 6) is -1.31. The number of carboxylic acids is 1. The molecule has 0 saturated heterocycles. The van der Waals surface area contributed by atoms with Crippen LogP contribution >= 0.6 is 22.6 Å². The maximum Gasteiger partial charge on any atom is 0.303 e. The first-order valence-electron chi connectivity index (χ1n) is 6.74. The Bertz CT molecular complexity index is 520. The minimum atomic E-state index is -0.869. The molecule has 1 rings (SSSR count). The number of rotatable bonds is 7. The summed E-state index contributed by atoms with van der Waals surface area (Å²) in [7, 11) is 0. The van der Waals surface area contributed by atoms with Gasteiger partial charge < -0.3 is 10.4 Å². The number of carbonyl (C=O) groups excluding carboxylic acids is 1. The van der Waals surface area contributed by atoms with Gasteiger partial charge in [-0.3, -0.25) is 9.59 Å². The van der Waals surface area contributed by atoms with Crippen LogP contribution in [0.4, 0.5) is 4.39 Å². The van der Waals surface area contributed by atoms with Crippen molar-refractivity contribution in [2.75, 3.05) is 6.54 Å². The number of hydrogen-bond donors (Lipinski definition) is 2. The van der Waals surface area contributed by atoms with Crippen molar-refractivity contribution < 1.29 is 19.1 Å². The van der Waals surface area contributed by atoms with Crippen molar-refractivity contribution in [3.8, 4) is 0 Å². The molecule has 116 valence electrons. The second-order valence-electron chi connectivity index (χ2n) is 5.43. The zero-order valence-electron chi connectivity index (χ0n) is 12.0. The third-order valence-corrected chi connectivity index (χ3v) is 3.89. The van der Waals surface area contributed by atoms with Gasteiger partial charge in [-0.2, -0.15) is 0 Å². The number of nitrogens with one attached hydrogen (secondary N) is 1. The van der Waals surface area contributed by atoms with Crippen LogP contribution in [0, 0.1) is 21.2 Å². The number of halogens is 2. The summed E-state index contributed by atoms with van der Waals surface area (Å²) in [5, 5.41) is 11.6. The lowest BCUT2D eigenvalue weighted by Crippen LogP contribution is -2.31. The molecule has 0 aliphatic heterocycles. The first-order chi connectivity index (χ1) is 9.79. The molecule has 0 aliphatic carbocycles. The lowest BCUT2D eigenvalue weighted by Gasteiger charge is -2.18. The number of amides is 1. The Labute approximate surface area is 137 Å². The van der Waals surface area contributed by atoms with Crippen LogP contribution in [0.25, 0.3) is 0 Å². The molecule has 4 nitrogen and oxygen atoms in total. The highest BCUT2D eigenvalue weighted by atomic mass is 127. The summed E-state index contributed by atoms with van der Waals surface area (Å²) in [6.45, 7) is 4.33. The fraction of sp³-hybridized carbons (Fsp3) is 0.467. The predicted octanol–water partition coefficient (Wildman–Crippen LogP) is 3.30. The Morgan fingerprint density at radius 3 is 2.57 bits per heavy atom. The van der Waals surface area contributed by atoms with E-state index in [1.165, 1.54) is 18.2 Å². The second-order valence-corrected chi connectivity index (χ2v) is 6.59. The average molecular weight is 407 g/mol. The highest BCUT2D eigenvalue weighted by Gasteiger charge is 2.17. The summed E-state index contributed by atoms with van der Waals surface area (Å²) >= 11 is 1.90. The highest BCUT2D eigenvalue weighted by molar-refractivity contribution is 14.1. The summed E-state index contributed by atoms with van der Waals surface area (Å²) in [4.78, 5) is 22.9. The minimum Gasteiger partial charge on any atom is -0.481 e. The van der Waals surface area contributed by atoms with Crippen LogP contribution in [-0.2, 0) is 4.79 Å². The molecule has 1 aromatic rings. The molecule has 1 aromatic carbocycles. The summed E-state index contributed by atoms with van der Waals surface area (Å²) in [6, 6.07) is 3.96. The molecule has 0 bridgehead atoms. The summed E-state index contributed by atoms with van der Waals surface area (Å²) in [5.41, 5.74) is 0.399. The standard InChI is InChI=1S/C15H19FINO3/c1-9(2)5-10(6-14(19)20)8-18-15(21)12-4-3-11(16)7-13(12)17/h3-4,7,9-10H,5-6,8H2,1-2H3,(H,18,21)(H,19,20)/t10-/m0/s1. The number of hydrogen-bond acceptors (Lipinski definition) is 2. The van der Waals surface area contributed by atoms with Gasteiger partial charge in [-0.1, -0.05) is 13.8 Å². The molecule has 0 aliphatic rings. The van der Waals surface area contributed by atoms with Crippen LogP contribution in [0.15, 0.2) is 18.2 Å². The van der Waals surface area contributed by atoms with E-state index in [9.17, 15) is 14.0 Å². The maximum atomic E-state index is 13.0. The molecular formula is C15H19FINO3. The fourth-order valence-corrected chi connectivity index (χ4v) is 2.88. The van der Waals surface area contributed by atoms with Crippen molar-refractivity contribution in [2.45, 2.75) is 26.7 Å². The van der Waals surface area contributed by atoms with Crippen molar-refractivity contribution in [1.29, 1.82) is 0 Å². The molecule has 6 heteroatoms. The van der Waals surface area contributed by atoms with E-state index < -0.39 is 5.97 Å². The van der Waals surface area contributed by atoms with Crippen molar-refractivity contribution in [2.24, 2.45) is 11.8 Å². The van der Waals surface area contributed by atoms with E-state index in [4.69, 9.17) is 5.11 Å². The molecule has 0 radical (unpaired) electrons. The third-order valence-electron chi connectivity index (χ3n) is 3.00. The molecule has 0 saturated carbocycles. The molecule has 21 heavy (non-hydrogen) atoms. The average Bonchev–Trinajstić information content (AvgIpc) is 2.34. The Morgan fingerprint density at radius 1 is 1.38 bits per heavy atom. The topological polar surface area (TPSA) is 66.4 Å². The lowest BCUT2D eigenvalue weighted by atomic mass is 9.94. The van der Waals surface area contributed by atoms with Gasteiger partial charge in [-0.25, -0.2) is 4.39 Å². The van der Waals surface area contributed by atoms with E-state index in [0.29, 0.717) is 21.6 Å². The molecule has 0 heterocycles. The smallest absolute Gasteiger partial charge is 0.303 e. The lowest BCUT2D eigenvalue weighted by molar-refractivity contribution is -0.138. The van der Waals surface area contributed by atoms with Gasteiger partial charge in [0.05, 0.1) is 5.56 Å². The van der Waals surface area contributed by atoms with Crippen molar-refractivity contribution in [3.05, 3.63) is 33.1 Å². The van der Waals surface area contributed by atoms with E-state index in [1.807, 2.05) is 36.4 Å². The molecule has 1 amide bonds. The largest absolute Gasteiger partial charge is 0.481 e. The van der Waals surface area contributed by atoms with Gasteiger partial charge in [0.2, 0.25) is 0 Å². The van der Waals surface area contributed by atoms with Crippen molar-refractivity contribution in [1.82, 2.24) is 5.32 Å². The normalized spacial score (nSPS) is 12.2. The predicted molar refractivity (Wildman–Crippen MR) is 86.6 cm³/mol. The van der Waals surface area contributed by atoms with Crippen LogP contribution in [0.1, 0.15) is 37.0 Å². The number of benzene rings is 1. The number of carbonyl (C=O) groups is 2. The van der Waals surface area contributed by atoms with E-state index in [-0.39, 0.29) is 24.1 Å². The molecule has 0 fully saturated rings. The van der Waals surface area contributed by atoms with Gasteiger partial charge in [0.25, 0.3) is 5.91 Å². The first-order valence-corrected chi connectivity index (χ1v) is 7.82. The van der Waals surface area contributed by atoms with E-state index in [0.717, 1.165) is 6.42 Å². The zero-order chi connectivity index (χ0) is 16.0. The third kappa shape index (κ3) is 6.41. The van der Waals surface area contributed by atoms with Gasteiger partial charge in [0.1, 0.15) is 5.82 Å². The summed E-state index contributed by atoms with van der Waals surface area (Å²) < 4.78 is 13.5. The molecule has 0 spiro atoms. The van der Waals surface area contributed by atoms with Gasteiger partial charge in [-0.15, -0.1) is 0 Å². The van der Waals surface area contributed by atoms with Crippen LogP contribution in [-0.4, -0.2) is 23.5 Å². The Balaban J connectivity index is 2.65. The van der Waals surface area contributed by atoms with Crippen LogP contribution in [0.5, 0.6) is 0 Å². The molecule has 1 atom stereocenters. The number of aliphatic carboxylic acids is 1. The maximum absolute atomic E-state index is 13.0. The quantitative estimate of drug-likeness (QED) is 0.682. The SMILES string of the molecule is CC(C)C[C@H](CNC(=O)c1ccc(F)cc1I)CC(=O)O. The van der Waals surface area contributed by atoms with Gasteiger partial charge in [0, 0.05) is 16.5 Å². The number of carboxylic acid groups (broad SMARTS) is 1. The van der Waals surface area contributed by atoms with Crippen LogP contribution in [0.2, 0.25) is 0 Å². The molecular weight excluding hydrogens is 388 g/mol. The Kier molecular flexibility index (Phi) is 7.07. The monoisotopic (exact) mass is 407 g/mol.